The molecule has 4 amide bonds. The van der Waals surface area contributed by atoms with Crippen LogP contribution in [-0.2, 0) is 9.59 Å². The molecule has 1 aromatic carbocycles. The number of urea groups is 1. The van der Waals surface area contributed by atoms with Crippen molar-refractivity contribution in [2.45, 2.75) is 45.4 Å². The summed E-state index contributed by atoms with van der Waals surface area (Å²) in [5.41, 5.74) is 2.15. The Morgan fingerprint density at radius 2 is 1.94 bits per heavy atom. The molecule has 172 valence electrons. The van der Waals surface area contributed by atoms with Crippen molar-refractivity contribution in [1.82, 2.24) is 15.7 Å². The molecule has 0 aliphatic heterocycles. The van der Waals surface area contributed by atoms with Crippen LogP contribution in [0.1, 0.15) is 45.4 Å². The van der Waals surface area contributed by atoms with Crippen LogP contribution in [0.4, 0.5) is 10.5 Å². The van der Waals surface area contributed by atoms with E-state index >= 15 is 0 Å². The molecule has 0 saturated heterocycles. The topological polar surface area (TPSA) is 120 Å². The molecule has 1 fully saturated rings. The Labute approximate surface area is 183 Å². The van der Waals surface area contributed by atoms with Crippen LogP contribution in [0, 0.1) is 11.8 Å². The second kappa shape index (κ2) is 12.8. The number of methoxy groups -OCH3 is 1. The van der Waals surface area contributed by atoms with Gasteiger partial charge in [-0.1, -0.05) is 44.7 Å². The minimum Gasteiger partial charge on any atom is -0.495 e. The van der Waals surface area contributed by atoms with E-state index in [1.165, 1.54) is 24.9 Å². The Morgan fingerprint density at radius 3 is 2.61 bits per heavy atom. The average Bonchev–Trinajstić information content (AvgIpc) is 3.29. The molecule has 0 unspecified atom stereocenters. The fourth-order valence-corrected chi connectivity index (χ4v) is 3.82. The van der Waals surface area contributed by atoms with Crippen LogP contribution in [0.5, 0.6) is 5.75 Å². The number of nitrogens with one attached hydrogen (secondary N) is 3. The lowest BCUT2D eigenvalue weighted by atomic mass is 10.0. The highest BCUT2D eigenvalue weighted by molar-refractivity contribution is 5.91. The first-order valence-electron chi connectivity index (χ1n) is 10.8. The number of hydrogen-bond donors (Lipinski definition) is 4. The molecule has 1 atom stereocenters. The largest absolute Gasteiger partial charge is 0.495 e. The highest BCUT2D eigenvalue weighted by atomic mass is 16.5. The zero-order valence-electron chi connectivity index (χ0n) is 18.4. The number of ether oxygens (including phenoxy) is 1. The summed E-state index contributed by atoms with van der Waals surface area (Å²) in [5.74, 6) is 0.246. The molecule has 1 saturated carbocycles. The summed E-state index contributed by atoms with van der Waals surface area (Å²) in [5, 5.41) is 14.3. The molecular formula is C22H34N4O5. The molecule has 31 heavy (non-hydrogen) atoms. The van der Waals surface area contributed by atoms with Gasteiger partial charge in [0.05, 0.1) is 12.8 Å². The molecular weight excluding hydrogens is 400 g/mol. The quantitative estimate of drug-likeness (QED) is 0.315. The number of anilines is 1. The third-order valence-corrected chi connectivity index (χ3v) is 5.58. The first kappa shape index (κ1) is 24.5. The molecule has 1 aliphatic rings. The zero-order valence-corrected chi connectivity index (χ0v) is 18.4. The van der Waals surface area contributed by atoms with Crippen LogP contribution >= 0.6 is 0 Å². The summed E-state index contributed by atoms with van der Waals surface area (Å²) in [6, 6.07) is 6.70. The van der Waals surface area contributed by atoms with E-state index in [0.717, 1.165) is 19.3 Å². The van der Waals surface area contributed by atoms with Gasteiger partial charge in [0.2, 0.25) is 5.91 Å². The fourth-order valence-electron chi connectivity index (χ4n) is 3.82. The minimum absolute atomic E-state index is 0.123. The minimum atomic E-state index is -0.610. The molecule has 9 heteroatoms. The highest BCUT2D eigenvalue weighted by Gasteiger charge is 2.22. The number of hydrogen-bond acceptors (Lipinski definition) is 5. The Kier molecular flexibility index (Phi) is 10.1. The highest BCUT2D eigenvalue weighted by Crippen LogP contribution is 2.27. The normalized spacial score (nSPS) is 14.5. The van der Waals surface area contributed by atoms with Crippen molar-refractivity contribution >= 4 is 23.5 Å². The number of nitrogens with zero attached hydrogens (tertiary/aromatic N) is 1. The molecule has 0 bridgehead atoms. The smallest absolute Gasteiger partial charge is 0.319 e. The van der Waals surface area contributed by atoms with E-state index in [1.807, 2.05) is 13.0 Å². The van der Waals surface area contributed by atoms with Gasteiger partial charge in [0.15, 0.2) is 0 Å². The van der Waals surface area contributed by atoms with Crippen molar-refractivity contribution in [2.24, 2.45) is 11.8 Å². The van der Waals surface area contributed by atoms with Crippen molar-refractivity contribution in [2.75, 3.05) is 32.1 Å². The fraction of sp³-hybridized carbons (Fsp3) is 0.591. The SMILES string of the molecule is COc1ccccc1NC(=O)NC[C@@H](C)CC(=O)N(CCC1CCCC1)CC(=O)NO. The Balaban J connectivity index is 1.81. The maximum absolute atomic E-state index is 12.7. The van der Waals surface area contributed by atoms with Gasteiger partial charge >= 0.3 is 6.03 Å². The third kappa shape index (κ3) is 8.45. The first-order valence-corrected chi connectivity index (χ1v) is 10.8. The van der Waals surface area contributed by atoms with Crippen molar-refractivity contribution < 1.29 is 24.3 Å². The Hall–Kier alpha value is -2.81. The average molecular weight is 435 g/mol. The van der Waals surface area contributed by atoms with Crippen molar-refractivity contribution in [1.29, 1.82) is 0 Å². The molecule has 0 radical (unpaired) electrons. The monoisotopic (exact) mass is 434 g/mol. The lowest BCUT2D eigenvalue weighted by Crippen LogP contribution is -2.42. The van der Waals surface area contributed by atoms with Crippen molar-refractivity contribution in [3.63, 3.8) is 0 Å². The molecule has 0 spiro atoms. The van der Waals surface area contributed by atoms with Crippen LogP contribution in [0.15, 0.2) is 24.3 Å². The molecule has 1 aromatic rings. The number of rotatable bonds is 11. The van der Waals surface area contributed by atoms with Crippen LogP contribution in [0.25, 0.3) is 0 Å². The van der Waals surface area contributed by atoms with E-state index in [2.05, 4.69) is 10.6 Å². The standard InChI is InChI=1S/C22H34N4O5/c1-16(14-23-22(29)24-18-9-5-6-10-19(18)31-2)13-21(28)26(15-20(27)25-30)12-11-17-7-3-4-8-17/h5-6,9-10,16-17,30H,3-4,7-8,11-15H2,1-2H3,(H,25,27)(H2,23,24,29)/t16-/m0/s1. The van der Waals surface area contributed by atoms with E-state index in [4.69, 9.17) is 9.94 Å². The predicted molar refractivity (Wildman–Crippen MR) is 117 cm³/mol. The molecule has 2 rings (SSSR count). The molecule has 4 N–H and O–H groups in total. The van der Waals surface area contributed by atoms with Gasteiger partial charge in [-0.25, -0.2) is 10.3 Å². The number of benzene rings is 1. The van der Waals surface area contributed by atoms with Gasteiger partial charge in [-0.3, -0.25) is 14.8 Å². The second-order valence-electron chi connectivity index (χ2n) is 8.13. The van der Waals surface area contributed by atoms with E-state index in [0.29, 0.717) is 30.4 Å². The molecule has 1 aliphatic carbocycles. The van der Waals surface area contributed by atoms with Gasteiger partial charge in [0.1, 0.15) is 12.3 Å². The molecule has 0 aromatic heterocycles. The lowest BCUT2D eigenvalue weighted by Gasteiger charge is -2.25. The van der Waals surface area contributed by atoms with Gasteiger partial charge in [-0.2, -0.15) is 0 Å². The summed E-state index contributed by atoms with van der Waals surface area (Å²) >= 11 is 0. The number of carbonyl (C=O) groups is 3. The summed E-state index contributed by atoms with van der Waals surface area (Å²) in [6.45, 7) is 2.49. The Bertz CT molecular complexity index is 736. The van der Waals surface area contributed by atoms with Crippen LogP contribution < -0.4 is 20.9 Å². The van der Waals surface area contributed by atoms with Crippen LogP contribution in [0.3, 0.4) is 0 Å². The number of para-hydroxylation sites is 2. The lowest BCUT2D eigenvalue weighted by molar-refractivity contribution is -0.140. The summed E-state index contributed by atoms with van der Waals surface area (Å²) in [7, 11) is 1.53. The number of carbonyl (C=O) groups excluding carboxylic acids is 3. The zero-order chi connectivity index (χ0) is 22.6. The van der Waals surface area contributed by atoms with Gasteiger partial charge in [-0.05, 0) is 30.4 Å². The summed E-state index contributed by atoms with van der Waals surface area (Å²) in [6.07, 6.45) is 5.81. The van der Waals surface area contributed by atoms with Gasteiger partial charge in [-0.15, -0.1) is 0 Å². The summed E-state index contributed by atoms with van der Waals surface area (Å²) < 4.78 is 5.21. The summed E-state index contributed by atoms with van der Waals surface area (Å²) in [4.78, 5) is 38.0. The maximum atomic E-state index is 12.7. The van der Waals surface area contributed by atoms with Gasteiger partial charge in [0, 0.05) is 19.5 Å². The number of amides is 4. The van der Waals surface area contributed by atoms with E-state index in [1.54, 1.807) is 23.7 Å². The van der Waals surface area contributed by atoms with E-state index in [9.17, 15) is 14.4 Å². The second-order valence-corrected chi connectivity index (χ2v) is 8.13. The van der Waals surface area contributed by atoms with Crippen molar-refractivity contribution in [3.8, 4) is 5.75 Å². The number of hydroxylamine groups is 1. The maximum Gasteiger partial charge on any atom is 0.319 e. The Morgan fingerprint density at radius 1 is 1.23 bits per heavy atom. The third-order valence-electron chi connectivity index (χ3n) is 5.58. The van der Waals surface area contributed by atoms with E-state index < -0.39 is 5.91 Å². The van der Waals surface area contributed by atoms with Crippen LogP contribution in [0.2, 0.25) is 0 Å². The predicted octanol–water partition coefficient (Wildman–Crippen LogP) is 2.76. The molecule has 9 nitrogen and oxygen atoms in total. The van der Waals surface area contributed by atoms with E-state index in [-0.39, 0.29) is 30.8 Å². The van der Waals surface area contributed by atoms with Crippen LogP contribution in [-0.4, -0.2) is 54.7 Å². The van der Waals surface area contributed by atoms with Gasteiger partial charge in [0.25, 0.3) is 5.91 Å². The first-order chi connectivity index (χ1) is 14.9. The molecule has 0 heterocycles. The van der Waals surface area contributed by atoms with Gasteiger partial charge < -0.3 is 20.3 Å². The van der Waals surface area contributed by atoms with Crippen molar-refractivity contribution in [3.05, 3.63) is 24.3 Å².